The molecule has 4 rings (SSSR count). The average molecular weight is 428 g/mol. The summed E-state index contributed by atoms with van der Waals surface area (Å²) in [4.78, 5) is 30.3. The molecule has 0 atom stereocenters. The van der Waals surface area contributed by atoms with Gasteiger partial charge in [0.15, 0.2) is 0 Å². The number of alkyl halides is 3. The van der Waals surface area contributed by atoms with Crippen LogP contribution < -0.4 is 0 Å². The maximum Gasteiger partial charge on any atom is 0.416 e. The Labute approximate surface area is 176 Å². The number of carbonyl (C=O) groups is 2. The fourth-order valence-corrected chi connectivity index (χ4v) is 3.70. The van der Waals surface area contributed by atoms with Crippen molar-refractivity contribution in [2.75, 3.05) is 13.2 Å². The van der Waals surface area contributed by atoms with Gasteiger partial charge in [-0.1, -0.05) is 18.2 Å². The number of aromatic amines is 1. The first-order valence-electron chi connectivity index (χ1n) is 9.76. The van der Waals surface area contributed by atoms with E-state index in [2.05, 4.69) is 4.98 Å². The predicted molar refractivity (Wildman–Crippen MR) is 109 cm³/mol. The van der Waals surface area contributed by atoms with Gasteiger partial charge in [-0.05, 0) is 49.2 Å². The SMILES string of the molecule is CCOC(=O)C1=CN(C(=O)c2ccc(C(F)(F)F)cc2)CCc2c1[nH]c1ccccc21. The number of nitrogens with one attached hydrogen (secondary N) is 1. The molecule has 0 aliphatic carbocycles. The number of esters is 1. The zero-order valence-corrected chi connectivity index (χ0v) is 16.6. The molecule has 8 heteroatoms. The van der Waals surface area contributed by atoms with Crippen LogP contribution in [0.1, 0.15) is 34.1 Å². The number of aromatic nitrogens is 1. The van der Waals surface area contributed by atoms with Crippen LogP contribution in [0.5, 0.6) is 0 Å². The lowest BCUT2D eigenvalue weighted by Crippen LogP contribution is -2.28. The third kappa shape index (κ3) is 3.93. The van der Waals surface area contributed by atoms with Gasteiger partial charge in [0.1, 0.15) is 0 Å². The number of nitrogens with zero attached hydrogens (tertiary/aromatic N) is 1. The number of rotatable bonds is 3. The zero-order chi connectivity index (χ0) is 22.2. The zero-order valence-electron chi connectivity index (χ0n) is 16.6. The van der Waals surface area contributed by atoms with Gasteiger partial charge in [0.2, 0.25) is 0 Å². The van der Waals surface area contributed by atoms with Gasteiger partial charge < -0.3 is 14.6 Å². The van der Waals surface area contributed by atoms with E-state index in [0.29, 0.717) is 12.1 Å². The van der Waals surface area contributed by atoms with E-state index in [-0.39, 0.29) is 24.3 Å². The lowest BCUT2D eigenvalue weighted by molar-refractivity contribution is -0.138. The van der Waals surface area contributed by atoms with Crippen molar-refractivity contribution in [3.63, 3.8) is 0 Å². The van der Waals surface area contributed by atoms with Crippen LogP contribution in [0, 0.1) is 0 Å². The standard InChI is InChI=1S/C23H19F3N2O3/c1-2-31-22(30)18-13-28(21(29)14-7-9-15(10-8-14)23(24,25)26)12-11-17-16-5-3-4-6-19(16)27-20(17)18/h3-10,13,27H,2,11-12H2,1H3. The minimum absolute atomic E-state index is 0.0999. The van der Waals surface area contributed by atoms with E-state index in [1.165, 1.54) is 11.1 Å². The smallest absolute Gasteiger partial charge is 0.416 e. The molecule has 1 N–H and O–H groups in total. The number of amides is 1. The molecule has 0 unspecified atom stereocenters. The Hall–Kier alpha value is -3.55. The lowest BCUT2D eigenvalue weighted by atomic mass is 10.0. The second-order valence-corrected chi connectivity index (χ2v) is 7.11. The van der Waals surface area contributed by atoms with Crippen molar-refractivity contribution in [3.05, 3.63) is 77.1 Å². The second-order valence-electron chi connectivity index (χ2n) is 7.11. The summed E-state index contributed by atoms with van der Waals surface area (Å²) in [6.07, 6.45) is -2.60. The van der Waals surface area contributed by atoms with E-state index in [0.717, 1.165) is 40.7 Å². The lowest BCUT2D eigenvalue weighted by Gasteiger charge is -2.18. The van der Waals surface area contributed by atoms with Crippen LogP contribution >= 0.6 is 0 Å². The molecular formula is C23H19F3N2O3. The van der Waals surface area contributed by atoms with Crippen molar-refractivity contribution in [3.8, 4) is 0 Å². The summed E-state index contributed by atoms with van der Waals surface area (Å²) in [7, 11) is 0. The molecule has 1 aliphatic heterocycles. The van der Waals surface area contributed by atoms with E-state index in [1.807, 2.05) is 24.3 Å². The maximum atomic E-state index is 13.0. The fraction of sp³-hybridized carbons (Fsp3) is 0.217. The predicted octanol–water partition coefficient (Wildman–Crippen LogP) is 4.79. The Bertz CT molecular complexity index is 1180. The summed E-state index contributed by atoms with van der Waals surface area (Å²) >= 11 is 0. The molecule has 5 nitrogen and oxygen atoms in total. The van der Waals surface area contributed by atoms with Gasteiger partial charge in [0.05, 0.1) is 23.4 Å². The topological polar surface area (TPSA) is 62.4 Å². The third-order valence-electron chi connectivity index (χ3n) is 5.19. The van der Waals surface area contributed by atoms with E-state index >= 15 is 0 Å². The second kappa shape index (κ2) is 7.94. The molecule has 3 aromatic rings. The van der Waals surface area contributed by atoms with Crippen LogP contribution in [0.2, 0.25) is 0 Å². The van der Waals surface area contributed by atoms with Crippen LogP contribution in [0.4, 0.5) is 13.2 Å². The molecule has 31 heavy (non-hydrogen) atoms. The van der Waals surface area contributed by atoms with E-state index in [1.54, 1.807) is 6.92 Å². The molecule has 1 aromatic heterocycles. The molecular weight excluding hydrogens is 409 g/mol. The van der Waals surface area contributed by atoms with Crippen LogP contribution in [-0.2, 0) is 22.1 Å². The Balaban J connectivity index is 1.73. The number of benzene rings is 2. The van der Waals surface area contributed by atoms with Crippen molar-refractivity contribution in [2.24, 2.45) is 0 Å². The van der Waals surface area contributed by atoms with E-state index in [4.69, 9.17) is 4.74 Å². The molecule has 2 heterocycles. The normalized spacial score (nSPS) is 14.1. The highest BCUT2D eigenvalue weighted by Crippen LogP contribution is 2.32. The first-order chi connectivity index (χ1) is 14.8. The van der Waals surface area contributed by atoms with Gasteiger partial charge >= 0.3 is 12.1 Å². The van der Waals surface area contributed by atoms with Crippen molar-refractivity contribution in [1.29, 1.82) is 0 Å². The Morgan fingerprint density at radius 1 is 1.10 bits per heavy atom. The number of carbonyl (C=O) groups excluding carboxylic acids is 2. The minimum atomic E-state index is -4.48. The summed E-state index contributed by atoms with van der Waals surface area (Å²) in [5, 5.41) is 0.941. The summed E-state index contributed by atoms with van der Waals surface area (Å²) in [5.74, 6) is -1.08. The monoisotopic (exact) mass is 428 g/mol. The first kappa shape index (κ1) is 20.7. The van der Waals surface area contributed by atoms with Crippen molar-refractivity contribution in [1.82, 2.24) is 9.88 Å². The average Bonchev–Trinajstić information content (AvgIpc) is 3.00. The maximum absolute atomic E-state index is 13.0. The van der Waals surface area contributed by atoms with Gasteiger partial charge in [0, 0.05) is 29.2 Å². The molecule has 0 bridgehead atoms. The molecule has 0 saturated carbocycles. The molecule has 1 amide bonds. The highest BCUT2D eigenvalue weighted by molar-refractivity contribution is 6.18. The number of hydrogen-bond acceptors (Lipinski definition) is 3. The summed E-state index contributed by atoms with van der Waals surface area (Å²) in [6.45, 7) is 2.11. The van der Waals surface area contributed by atoms with Gasteiger partial charge in [-0.2, -0.15) is 13.2 Å². The molecule has 1 aliphatic rings. The molecule has 160 valence electrons. The Kier molecular flexibility index (Phi) is 5.31. The number of halogens is 3. The Morgan fingerprint density at radius 2 is 1.81 bits per heavy atom. The summed E-state index contributed by atoms with van der Waals surface area (Å²) in [5.41, 5.74) is 1.81. The quantitative estimate of drug-likeness (QED) is 0.611. The summed E-state index contributed by atoms with van der Waals surface area (Å²) in [6, 6.07) is 11.6. The van der Waals surface area contributed by atoms with Crippen LogP contribution in [0.25, 0.3) is 16.5 Å². The number of hydrogen-bond donors (Lipinski definition) is 1. The van der Waals surface area contributed by atoms with Gasteiger partial charge in [0.25, 0.3) is 5.91 Å². The largest absolute Gasteiger partial charge is 0.462 e. The van der Waals surface area contributed by atoms with Crippen molar-refractivity contribution >= 4 is 28.4 Å². The van der Waals surface area contributed by atoms with Gasteiger partial charge in [-0.25, -0.2) is 4.79 Å². The van der Waals surface area contributed by atoms with Crippen LogP contribution in [0.3, 0.4) is 0 Å². The minimum Gasteiger partial charge on any atom is -0.462 e. The Morgan fingerprint density at radius 3 is 2.48 bits per heavy atom. The van der Waals surface area contributed by atoms with E-state index in [9.17, 15) is 22.8 Å². The van der Waals surface area contributed by atoms with Gasteiger partial charge in [-0.3, -0.25) is 4.79 Å². The molecule has 0 fully saturated rings. The third-order valence-corrected chi connectivity index (χ3v) is 5.19. The van der Waals surface area contributed by atoms with Crippen molar-refractivity contribution < 1.29 is 27.5 Å². The highest BCUT2D eigenvalue weighted by atomic mass is 19.4. The van der Waals surface area contributed by atoms with E-state index < -0.39 is 23.6 Å². The highest BCUT2D eigenvalue weighted by Gasteiger charge is 2.31. The fourth-order valence-electron chi connectivity index (χ4n) is 3.70. The first-order valence-corrected chi connectivity index (χ1v) is 9.76. The van der Waals surface area contributed by atoms with Gasteiger partial charge in [-0.15, -0.1) is 0 Å². The molecule has 0 saturated heterocycles. The number of ether oxygens (including phenoxy) is 1. The molecule has 0 radical (unpaired) electrons. The van der Waals surface area contributed by atoms with Crippen LogP contribution in [-0.4, -0.2) is 34.9 Å². The number of H-pyrrole nitrogens is 1. The number of fused-ring (bicyclic) bond motifs is 3. The van der Waals surface area contributed by atoms with Crippen molar-refractivity contribution in [2.45, 2.75) is 19.5 Å². The molecule has 2 aromatic carbocycles. The number of para-hydroxylation sites is 1. The summed E-state index contributed by atoms with van der Waals surface area (Å²) < 4.78 is 43.7. The van der Waals surface area contributed by atoms with Crippen LogP contribution in [0.15, 0.2) is 54.7 Å². The molecule has 0 spiro atoms.